The fourth-order valence-electron chi connectivity index (χ4n) is 2.41. The topological polar surface area (TPSA) is 72.9 Å². The summed E-state index contributed by atoms with van der Waals surface area (Å²) in [6.45, 7) is 3.29. The second kappa shape index (κ2) is 4.83. The van der Waals surface area contributed by atoms with Crippen LogP contribution < -0.4 is 5.73 Å². The van der Waals surface area contributed by atoms with E-state index in [0.29, 0.717) is 6.54 Å². The Morgan fingerprint density at radius 2 is 2.22 bits per heavy atom. The van der Waals surface area contributed by atoms with Crippen molar-refractivity contribution in [2.45, 2.75) is 19.1 Å². The fourth-order valence-corrected chi connectivity index (χ4v) is 2.41. The van der Waals surface area contributed by atoms with E-state index in [1.165, 1.54) is 0 Å². The van der Waals surface area contributed by atoms with Crippen molar-refractivity contribution in [2.24, 2.45) is 5.73 Å². The van der Waals surface area contributed by atoms with Gasteiger partial charge in [-0.2, -0.15) is 0 Å². The molecule has 1 aliphatic heterocycles. The first-order chi connectivity index (χ1) is 8.88. The molecule has 3 heterocycles. The van der Waals surface area contributed by atoms with Crippen LogP contribution in [0.4, 0.5) is 0 Å². The molecule has 0 spiro atoms. The number of hydrogen-bond donors (Lipinski definition) is 1. The Bertz CT molecular complexity index is 508. The molecule has 0 bridgehead atoms. The summed E-state index contributed by atoms with van der Waals surface area (Å²) in [5.74, 6) is 1.09. The summed E-state index contributed by atoms with van der Waals surface area (Å²) in [5, 5.41) is 0. The molecule has 2 aromatic rings. The van der Waals surface area contributed by atoms with Gasteiger partial charge in [0.1, 0.15) is 12.2 Å². The summed E-state index contributed by atoms with van der Waals surface area (Å²) < 4.78 is 2.18. The van der Waals surface area contributed by atoms with Crippen molar-refractivity contribution in [1.29, 1.82) is 0 Å². The molecule has 0 amide bonds. The van der Waals surface area contributed by atoms with E-state index in [9.17, 15) is 0 Å². The third kappa shape index (κ3) is 2.00. The van der Waals surface area contributed by atoms with Gasteiger partial charge in [0, 0.05) is 38.2 Å². The third-order valence-electron chi connectivity index (χ3n) is 3.38. The Balaban J connectivity index is 1.82. The molecule has 1 atom stereocenters. The summed E-state index contributed by atoms with van der Waals surface area (Å²) >= 11 is 0. The van der Waals surface area contributed by atoms with Crippen LogP contribution in [0.25, 0.3) is 0 Å². The standard InChI is InChI=1S/C12H16N6/c13-7-11(10-1-2-14-9-16-10)18-6-5-17-4-3-15-12(17)8-18/h1-4,9,11H,5-8,13H2. The first-order valence-corrected chi connectivity index (χ1v) is 6.08. The zero-order chi connectivity index (χ0) is 12.4. The minimum Gasteiger partial charge on any atom is -0.333 e. The lowest BCUT2D eigenvalue weighted by Crippen LogP contribution is -2.40. The van der Waals surface area contributed by atoms with Gasteiger partial charge in [-0.1, -0.05) is 0 Å². The number of hydrogen-bond acceptors (Lipinski definition) is 5. The average Bonchev–Trinajstić information content (AvgIpc) is 2.88. The summed E-state index contributed by atoms with van der Waals surface area (Å²) in [6, 6.07) is 2.07. The summed E-state index contributed by atoms with van der Waals surface area (Å²) in [4.78, 5) is 14.9. The molecule has 1 aliphatic rings. The molecule has 94 valence electrons. The van der Waals surface area contributed by atoms with Gasteiger partial charge in [-0.15, -0.1) is 0 Å². The smallest absolute Gasteiger partial charge is 0.122 e. The molecule has 0 saturated heterocycles. The molecule has 0 saturated carbocycles. The van der Waals surface area contributed by atoms with E-state index in [0.717, 1.165) is 31.2 Å². The van der Waals surface area contributed by atoms with E-state index in [-0.39, 0.29) is 6.04 Å². The predicted molar refractivity (Wildman–Crippen MR) is 66.5 cm³/mol. The van der Waals surface area contributed by atoms with Crippen LogP contribution in [0.2, 0.25) is 0 Å². The largest absolute Gasteiger partial charge is 0.333 e. The second-order valence-corrected chi connectivity index (χ2v) is 4.39. The molecule has 0 radical (unpaired) electrons. The fraction of sp³-hybridized carbons (Fsp3) is 0.417. The summed E-state index contributed by atoms with van der Waals surface area (Å²) in [7, 11) is 0. The maximum absolute atomic E-state index is 5.90. The Labute approximate surface area is 105 Å². The average molecular weight is 244 g/mol. The monoisotopic (exact) mass is 244 g/mol. The number of aromatic nitrogens is 4. The van der Waals surface area contributed by atoms with Crippen LogP contribution in [-0.4, -0.2) is 37.5 Å². The number of fused-ring (bicyclic) bond motifs is 1. The van der Waals surface area contributed by atoms with Gasteiger partial charge in [0.2, 0.25) is 0 Å². The van der Waals surface area contributed by atoms with Gasteiger partial charge in [0.05, 0.1) is 18.3 Å². The van der Waals surface area contributed by atoms with E-state index < -0.39 is 0 Å². The lowest BCUT2D eigenvalue weighted by atomic mass is 10.1. The van der Waals surface area contributed by atoms with E-state index in [1.54, 1.807) is 12.5 Å². The van der Waals surface area contributed by atoms with Gasteiger partial charge in [0.15, 0.2) is 0 Å². The Morgan fingerprint density at radius 3 is 3.00 bits per heavy atom. The Morgan fingerprint density at radius 1 is 1.28 bits per heavy atom. The van der Waals surface area contributed by atoms with Crippen LogP contribution in [-0.2, 0) is 13.1 Å². The van der Waals surface area contributed by atoms with Gasteiger partial charge in [-0.25, -0.2) is 15.0 Å². The van der Waals surface area contributed by atoms with Crippen molar-refractivity contribution in [1.82, 2.24) is 24.4 Å². The van der Waals surface area contributed by atoms with Crippen molar-refractivity contribution >= 4 is 0 Å². The molecule has 3 rings (SSSR count). The highest BCUT2D eigenvalue weighted by Crippen LogP contribution is 2.22. The minimum absolute atomic E-state index is 0.137. The number of nitrogens with zero attached hydrogens (tertiary/aromatic N) is 5. The minimum atomic E-state index is 0.137. The van der Waals surface area contributed by atoms with Crippen molar-refractivity contribution in [3.63, 3.8) is 0 Å². The maximum Gasteiger partial charge on any atom is 0.122 e. The molecule has 2 aromatic heterocycles. The molecule has 2 N–H and O–H groups in total. The van der Waals surface area contributed by atoms with E-state index in [4.69, 9.17) is 5.73 Å². The quantitative estimate of drug-likeness (QED) is 0.834. The van der Waals surface area contributed by atoms with Crippen molar-refractivity contribution < 1.29 is 0 Å². The molecule has 18 heavy (non-hydrogen) atoms. The van der Waals surface area contributed by atoms with Crippen LogP contribution in [0, 0.1) is 0 Å². The Kier molecular flexibility index (Phi) is 3.04. The van der Waals surface area contributed by atoms with Gasteiger partial charge in [-0.05, 0) is 6.07 Å². The van der Waals surface area contributed by atoms with Crippen LogP contribution in [0.5, 0.6) is 0 Å². The number of rotatable bonds is 3. The highest BCUT2D eigenvalue weighted by atomic mass is 15.3. The highest BCUT2D eigenvalue weighted by molar-refractivity contribution is 5.07. The van der Waals surface area contributed by atoms with Crippen molar-refractivity contribution in [3.05, 3.63) is 42.5 Å². The maximum atomic E-state index is 5.90. The highest BCUT2D eigenvalue weighted by Gasteiger charge is 2.25. The number of nitrogens with two attached hydrogens (primary N) is 1. The lowest BCUT2D eigenvalue weighted by Gasteiger charge is -2.33. The first kappa shape index (κ1) is 11.3. The van der Waals surface area contributed by atoms with Gasteiger partial charge in [-0.3, -0.25) is 4.90 Å². The second-order valence-electron chi connectivity index (χ2n) is 4.39. The van der Waals surface area contributed by atoms with Gasteiger partial charge in [0.25, 0.3) is 0 Å². The Hall–Kier alpha value is -1.79. The molecule has 0 aromatic carbocycles. The molecule has 0 fully saturated rings. The van der Waals surface area contributed by atoms with Crippen LogP contribution in [0.3, 0.4) is 0 Å². The first-order valence-electron chi connectivity index (χ1n) is 6.08. The summed E-state index contributed by atoms with van der Waals surface area (Å²) in [6.07, 6.45) is 7.20. The van der Waals surface area contributed by atoms with Crippen LogP contribution in [0.15, 0.2) is 31.0 Å². The van der Waals surface area contributed by atoms with E-state index in [2.05, 4.69) is 24.4 Å². The molecule has 1 unspecified atom stereocenters. The predicted octanol–water partition coefficient (Wildman–Crippen LogP) is 0.189. The van der Waals surface area contributed by atoms with E-state index >= 15 is 0 Å². The number of imidazole rings is 1. The van der Waals surface area contributed by atoms with Gasteiger partial charge >= 0.3 is 0 Å². The summed E-state index contributed by atoms with van der Waals surface area (Å²) in [5.41, 5.74) is 6.88. The third-order valence-corrected chi connectivity index (χ3v) is 3.38. The van der Waals surface area contributed by atoms with Crippen LogP contribution >= 0.6 is 0 Å². The zero-order valence-corrected chi connectivity index (χ0v) is 10.1. The molecule has 6 nitrogen and oxygen atoms in total. The van der Waals surface area contributed by atoms with E-state index in [1.807, 2.05) is 18.5 Å². The van der Waals surface area contributed by atoms with Crippen molar-refractivity contribution in [2.75, 3.05) is 13.1 Å². The molecule has 0 aliphatic carbocycles. The van der Waals surface area contributed by atoms with Crippen LogP contribution in [0.1, 0.15) is 17.6 Å². The molecular formula is C12H16N6. The molecular weight excluding hydrogens is 228 g/mol. The normalized spacial score (nSPS) is 17.4. The zero-order valence-electron chi connectivity index (χ0n) is 10.1. The SMILES string of the molecule is NCC(c1ccncn1)N1CCn2ccnc2C1. The van der Waals surface area contributed by atoms with Crippen molar-refractivity contribution in [3.8, 4) is 0 Å². The lowest BCUT2D eigenvalue weighted by molar-refractivity contribution is 0.153. The molecule has 6 heteroatoms. The van der Waals surface area contributed by atoms with Gasteiger partial charge < -0.3 is 10.3 Å².